The third kappa shape index (κ3) is 2.15. The van der Waals surface area contributed by atoms with E-state index in [4.69, 9.17) is 11.5 Å². The first-order valence-corrected chi connectivity index (χ1v) is 6.84. The van der Waals surface area contributed by atoms with Gasteiger partial charge < -0.3 is 16.4 Å². The maximum atomic E-state index is 11.2. The Kier molecular flexibility index (Phi) is 3.18. The van der Waals surface area contributed by atoms with Crippen molar-refractivity contribution < 1.29 is 4.79 Å². The lowest BCUT2D eigenvalue weighted by molar-refractivity contribution is -0.122. The lowest BCUT2D eigenvalue weighted by Crippen LogP contribution is -2.38. The van der Waals surface area contributed by atoms with E-state index < -0.39 is 0 Å². The van der Waals surface area contributed by atoms with Gasteiger partial charge in [-0.05, 0) is 37.1 Å². The number of rotatable bonds is 2. The first-order chi connectivity index (χ1) is 9.66. The van der Waals surface area contributed by atoms with Gasteiger partial charge in [-0.15, -0.1) is 0 Å². The predicted molar refractivity (Wildman–Crippen MR) is 80.3 cm³/mol. The van der Waals surface area contributed by atoms with E-state index in [9.17, 15) is 4.79 Å². The summed E-state index contributed by atoms with van der Waals surface area (Å²) in [6.07, 6.45) is 3.38. The Labute approximate surface area is 117 Å². The molecule has 1 aliphatic heterocycles. The highest BCUT2D eigenvalue weighted by atomic mass is 16.1. The Bertz CT molecular complexity index is 647. The highest BCUT2D eigenvalue weighted by molar-refractivity contribution is 5.98. The highest BCUT2D eigenvalue weighted by Gasteiger charge is 2.24. The fraction of sp³-hybridized carbons (Fsp3) is 0.333. The van der Waals surface area contributed by atoms with Gasteiger partial charge in [0.2, 0.25) is 5.91 Å². The minimum absolute atomic E-state index is 0.000690. The van der Waals surface area contributed by atoms with E-state index in [1.165, 1.54) is 0 Å². The Morgan fingerprint density at radius 2 is 2.00 bits per heavy atom. The van der Waals surface area contributed by atoms with Gasteiger partial charge in [0.1, 0.15) is 0 Å². The molecule has 0 unspecified atom stereocenters. The number of anilines is 2. The van der Waals surface area contributed by atoms with Crippen LogP contribution in [0.2, 0.25) is 0 Å². The number of primary amides is 1. The molecule has 0 aliphatic carbocycles. The average molecular weight is 270 g/mol. The summed E-state index contributed by atoms with van der Waals surface area (Å²) < 4.78 is 0. The van der Waals surface area contributed by atoms with Crippen LogP contribution in [-0.2, 0) is 4.79 Å². The zero-order valence-electron chi connectivity index (χ0n) is 11.2. The van der Waals surface area contributed by atoms with Gasteiger partial charge in [0.05, 0.1) is 11.2 Å². The number of benzene rings is 1. The first kappa shape index (κ1) is 12.7. The largest absolute Gasteiger partial charge is 0.398 e. The second-order valence-corrected chi connectivity index (χ2v) is 5.24. The molecule has 5 heteroatoms. The fourth-order valence-corrected chi connectivity index (χ4v) is 2.84. The molecule has 1 saturated heterocycles. The summed E-state index contributed by atoms with van der Waals surface area (Å²) in [6.45, 7) is 1.65. The second-order valence-electron chi connectivity index (χ2n) is 5.24. The van der Waals surface area contributed by atoms with Crippen LogP contribution in [-0.4, -0.2) is 24.0 Å². The molecular formula is C15H18N4O. The van der Waals surface area contributed by atoms with Gasteiger partial charge >= 0.3 is 0 Å². The number of piperidine rings is 1. The van der Waals surface area contributed by atoms with Crippen molar-refractivity contribution in [2.75, 3.05) is 23.7 Å². The van der Waals surface area contributed by atoms with E-state index in [0.717, 1.165) is 48.2 Å². The number of nitrogens with two attached hydrogens (primary N) is 2. The summed E-state index contributed by atoms with van der Waals surface area (Å²) in [5.41, 5.74) is 14.1. The van der Waals surface area contributed by atoms with Gasteiger partial charge in [-0.1, -0.05) is 0 Å². The van der Waals surface area contributed by atoms with Gasteiger partial charge in [-0.25, -0.2) is 0 Å². The third-order valence-electron chi connectivity index (χ3n) is 4.02. The van der Waals surface area contributed by atoms with E-state index in [0.29, 0.717) is 0 Å². The predicted octanol–water partition coefficient (Wildman–Crippen LogP) is 1.52. The van der Waals surface area contributed by atoms with Crippen molar-refractivity contribution in [2.45, 2.75) is 12.8 Å². The van der Waals surface area contributed by atoms with Gasteiger partial charge in [0.15, 0.2) is 0 Å². The molecule has 1 aliphatic rings. The molecule has 0 bridgehead atoms. The van der Waals surface area contributed by atoms with Crippen LogP contribution in [0.1, 0.15) is 12.8 Å². The monoisotopic (exact) mass is 270 g/mol. The molecule has 0 radical (unpaired) electrons. The van der Waals surface area contributed by atoms with Crippen molar-refractivity contribution in [1.29, 1.82) is 0 Å². The quantitative estimate of drug-likeness (QED) is 0.810. The van der Waals surface area contributed by atoms with Crippen LogP contribution in [0.5, 0.6) is 0 Å². The van der Waals surface area contributed by atoms with Crippen molar-refractivity contribution >= 4 is 28.2 Å². The van der Waals surface area contributed by atoms with Gasteiger partial charge in [0.25, 0.3) is 0 Å². The number of carbonyl (C=O) groups excluding carboxylic acids is 1. The summed E-state index contributed by atoms with van der Waals surface area (Å²) >= 11 is 0. The Morgan fingerprint density at radius 3 is 2.70 bits per heavy atom. The minimum atomic E-state index is -0.190. The molecule has 1 aromatic carbocycles. The Hall–Kier alpha value is -2.30. The normalized spacial score (nSPS) is 16.5. The molecule has 104 valence electrons. The van der Waals surface area contributed by atoms with Crippen LogP contribution in [0, 0.1) is 5.92 Å². The molecule has 0 saturated carbocycles. The minimum Gasteiger partial charge on any atom is -0.398 e. The summed E-state index contributed by atoms with van der Waals surface area (Å²) in [5.74, 6) is -0.191. The molecule has 20 heavy (non-hydrogen) atoms. The molecule has 5 nitrogen and oxygen atoms in total. The van der Waals surface area contributed by atoms with Crippen LogP contribution in [0.15, 0.2) is 30.5 Å². The maximum absolute atomic E-state index is 11.2. The Morgan fingerprint density at radius 1 is 1.25 bits per heavy atom. The fourth-order valence-electron chi connectivity index (χ4n) is 2.84. The SMILES string of the molecule is NC(=O)C1CCN(c2ccc(N)c3cccnc23)CC1. The molecule has 3 rings (SSSR count). The summed E-state index contributed by atoms with van der Waals surface area (Å²) in [5, 5.41) is 0.974. The molecule has 2 aromatic rings. The summed E-state index contributed by atoms with van der Waals surface area (Å²) in [6, 6.07) is 7.80. The molecule has 1 fully saturated rings. The molecule has 4 N–H and O–H groups in total. The maximum Gasteiger partial charge on any atom is 0.220 e. The van der Waals surface area contributed by atoms with E-state index in [1.807, 2.05) is 24.3 Å². The standard InChI is InChI=1S/C15H18N4O/c16-12-3-4-13(14-11(12)2-1-7-18-14)19-8-5-10(6-9-19)15(17)20/h1-4,7,10H,5-6,8-9,16H2,(H2,17,20). The number of amides is 1. The second kappa shape index (κ2) is 5.00. The van der Waals surface area contributed by atoms with Gasteiger partial charge in [0, 0.05) is 36.3 Å². The molecule has 1 aromatic heterocycles. The number of hydrogen-bond acceptors (Lipinski definition) is 4. The number of hydrogen-bond donors (Lipinski definition) is 2. The molecule has 2 heterocycles. The molecular weight excluding hydrogens is 252 g/mol. The van der Waals surface area contributed by atoms with Gasteiger partial charge in [-0.3, -0.25) is 9.78 Å². The zero-order valence-corrected chi connectivity index (χ0v) is 11.2. The number of carbonyl (C=O) groups is 1. The van der Waals surface area contributed by atoms with Crippen LogP contribution in [0.3, 0.4) is 0 Å². The van der Waals surface area contributed by atoms with Crippen LogP contribution in [0.4, 0.5) is 11.4 Å². The summed E-state index contributed by atoms with van der Waals surface area (Å²) in [7, 11) is 0. The molecule has 0 spiro atoms. The third-order valence-corrected chi connectivity index (χ3v) is 4.02. The number of aromatic nitrogens is 1. The van der Waals surface area contributed by atoms with E-state index in [1.54, 1.807) is 6.20 Å². The van der Waals surface area contributed by atoms with Crippen LogP contribution in [0.25, 0.3) is 10.9 Å². The van der Waals surface area contributed by atoms with Crippen molar-refractivity contribution in [3.8, 4) is 0 Å². The lowest BCUT2D eigenvalue weighted by atomic mass is 9.95. The van der Waals surface area contributed by atoms with E-state index >= 15 is 0 Å². The van der Waals surface area contributed by atoms with Crippen molar-refractivity contribution in [3.05, 3.63) is 30.5 Å². The number of pyridine rings is 1. The summed E-state index contributed by atoms with van der Waals surface area (Å²) in [4.78, 5) is 17.9. The topological polar surface area (TPSA) is 85.2 Å². The zero-order chi connectivity index (χ0) is 14.1. The van der Waals surface area contributed by atoms with E-state index in [-0.39, 0.29) is 11.8 Å². The van der Waals surface area contributed by atoms with Crippen molar-refractivity contribution in [3.63, 3.8) is 0 Å². The van der Waals surface area contributed by atoms with Crippen LogP contribution < -0.4 is 16.4 Å². The van der Waals surface area contributed by atoms with Crippen molar-refractivity contribution in [1.82, 2.24) is 4.98 Å². The van der Waals surface area contributed by atoms with Gasteiger partial charge in [-0.2, -0.15) is 0 Å². The molecule has 0 atom stereocenters. The van der Waals surface area contributed by atoms with E-state index in [2.05, 4.69) is 9.88 Å². The average Bonchev–Trinajstić information content (AvgIpc) is 2.48. The number of nitrogens with zero attached hydrogens (tertiary/aromatic N) is 2. The lowest BCUT2D eigenvalue weighted by Gasteiger charge is -2.32. The van der Waals surface area contributed by atoms with Crippen LogP contribution >= 0.6 is 0 Å². The van der Waals surface area contributed by atoms with Crippen molar-refractivity contribution in [2.24, 2.45) is 11.7 Å². The smallest absolute Gasteiger partial charge is 0.220 e. The Balaban J connectivity index is 1.92. The number of nitrogen functional groups attached to an aromatic ring is 1. The first-order valence-electron chi connectivity index (χ1n) is 6.84. The number of fused-ring (bicyclic) bond motifs is 1. The highest BCUT2D eigenvalue weighted by Crippen LogP contribution is 2.31. The molecule has 1 amide bonds.